The van der Waals surface area contributed by atoms with E-state index in [1.165, 1.54) is 22.7 Å². The molecule has 4 atom stereocenters. The number of nitrogen functional groups attached to an aromatic ring is 1. The topological polar surface area (TPSA) is 186 Å². The number of hydrogen-bond acceptors (Lipinski definition) is 10. The van der Waals surface area contributed by atoms with Crippen molar-refractivity contribution in [3.63, 3.8) is 0 Å². The molecule has 0 aliphatic carbocycles. The van der Waals surface area contributed by atoms with E-state index in [1.807, 2.05) is 0 Å². The lowest BCUT2D eigenvalue weighted by molar-refractivity contribution is -0.0541. The van der Waals surface area contributed by atoms with Gasteiger partial charge in [0, 0.05) is 9.92 Å². The number of rotatable bonds is 6. The maximum absolute atomic E-state index is 11.0. The minimum Gasteiger partial charge on any atom is -0.387 e. The van der Waals surface area contributed by atoms with E-state index in [4.69, 9.17) is 31.9 Å². The van der Waals surface area contributed by atoms with Crippen LogP contribution in [0.5, 0.6) is 0 Å². The van der Waals surface area contributed by atoms with Gasteiger partial charge in [0.25, 0.3) is 0 Å². The first-order valence-electron chi connectivity index (χ1n) is 8.77. The van der Waals surface area contributed by atoms with Gasteiger partial charge in [-0.05, 0) is 24.3 Å². The number of aromatic nitrogens is 4. The predicted octanol–water partition coefficient (Wildman–Crippen LogP) is 0.942. The molecule has 0 saturated carbocycles. The molecule has 1 aromatic carbocycles. The molecule has 6 N–H and O–H groups in total. The number of benzene rings is 1. The largest absolute Gasteiger partial charge is 0.469 e. The van der Waals surface area contributed by atoms with E-state index in [2.05, 4.69) is 19.5 Å². The highest BCUT2D eigenvalue weighted by atomic mass is 35.5. The highest BCUT2D eigenvalue weighted by molar-refractivity contribution is 7.99. The first-order chi connectivity index (χ1) is 14.6. The summed E-state index contributed by atoms with van der Waals surface area (Å²) in [4.78, 5) is 31.1. The van der Waals surface area contributed by atoms with Crippen LogP contribution in [0.25, 0.3) is 11.2 Å². The number of hydrogen-bond donors (Lipinski definition) is 5. The smallest absolute Gasteiger partial charge is 0.387 e. The van der Waals surface area contributed by atoms with Crippen LogP contribution in [0.1, 0.15) is 6.23 Å². The van der Waals surface area contributed by atoms with Crippen molar-refractivity contribution in [1.29, 1.82) is 0 Å². The Hall–Kier alpha value is -1.80. The van der Waals surface area contributed by atoms with Gasteiger partial charge in [0.15, 0.2) is 28.4 Å². The molecule has 0 spiro atoms. The maximum Gasteiger partial charge on any atom is 0.469 e. The van der Waals surface area contributed by atoms with Gasteiger partial charge in [-0.25, -0.2) is 19.5 Å². The van der Waals surface area contributed by atoms with Crippen molar-refractivity contribution in [1.82, 2.24) is 19.5 Å². The lowest BCUT2D eigenvalue weighted by Crippen LogP contribution is -2.33. The average molecular weight is 490 g/mol. The van der Waals surface area contributed by atoms with Gasteiger partial charge in [-0.3, -0.25) is 9.09 Å². The van der Waals surface area contributed by atoms with Crippen molar-refractivity contribution < 1.29 is 33.8 Å². The number of aliphatic hydroxyl groups is 2. The number of phosphoric ester groups is 1. The molecule has 15 heteroatoms. The fourth-order valence-corrected chi connectivity index (χ4v) is 4.44. The lowest BCUT2D eigenvalue weighted by Gasteiger charge is -2.19. The molecule has 1 fully saturated rings. The van der Waals surface area contributed by atoms with Crippen LogP contribution in [0.15, 0.2) is 40.6 Å². The standard InChI is InChI=1S/C16H17ClN5O7PS/c17-7-1-3-8(4-2-7)31-16-21-10-13(18)19-6-20-14(10)22(16)15-12(24)11(23)9(29-15)5-28-30(25,26)27/h1-4,6,9,11-12,15,23-24H,5H2,(H2,18,19,20)(H2,25,26,27)/t9-,11?,12+,15-/m1/s1. The quantitative estimate of drug-likeness (QED) is 0.309. The van der Waals surface area contributed by atoms with Crippen molar-refractivity contribution in [3.05, 3.63) is 35.6 Å². The highest BCUT2D eigenvalue weighted by Gasteiger charge is 2.46. The number of imidazole rings is 1. The molecule has 2 aromatic heterocycles. The zero-order chi connectivity index (χ0) is 22.3. The van der Waals surface area contributed by atoms with Crippen molar-refractivity contribution in [2.45, 2.75) is 34.6 Å². The van der Waals surface area contributed by atoms with Gasteiger partial charge >= 0.3 is 7.82 Å². The van der Waals surface area contributed by atoms with Crippen LogP contribution in [0.3, 0.4) is 0 Å². The summed E-state index contributed by atoms with van der Waals surface area (Å²) in [6.07, 6.45) is -4.13. The number of fused-ring (bicyclic) bond motifs is 1. The summed E-state index contributed by atoms with van der Waals surface area (Å²) in [5.41, 5.74) is 6.43. The third-order valence-corrected chi connectivity index (χ3v) is 6.21. The van der Waals surface area contributed by atoms with Crippen LogP contribution < -0.4 is 5.73 Å². The van der Waals surface area contributed by atoms with Crippen LogP contribution in [0.4, 0.5) is 5.82 Å². The molecule has 12 nitrogen and oxygen atoms in total. The number of phosphoric acid groups is 1. The number of ether oxygens (including phenoxy) is 1. The Balaban J connectivity index is 1.72. The number of anilines is 1. The first kappa shape index (κ1) is 22.4. The molecular formula is C16H17ClN5O7PS. The summed E-state index contributed by atoms with van der Waals surface area (Å²) in [6, 6.07) is 6.93. The summed E-state index contributed by atoms with van der Waals surface area (Å²) < 4.78 is 22.6. The normalized spacial score (nSPS) is 24.2. The molecule has 0 bridgehead atoms. The Labute approximate surface area is 184 Å². The summed E-state index contributed by atoms with van der Waals surface area (Å²) in [7, 11) is -4.79. The van der Waals surface area contributed by atoms with Crippen molar-refractivity contribution in [2.24, 2.45) is 0 Å². The van der Waals surface area contributed by atoms with Gasteiger partial charge in [0.1, 0.15) is 24.6 Å². The average Bonchev–Trinajstić information content (AvgIpc) is 3.20. The van der Waals surface area contributed by atoms with Crippen LogP contribution in [0, 0.1) is 0 Å². The second kappa shape index (κ2) is 8.62. The van der Waals surface area contributed by atoms with Gasteiger partial charge in [-0.2, -0.15) is 0 Å². The monoisotopic (exact) mass is 489 g/mol. The van der Waals surface area contributed by atoms with Crippen molar-refractivity contribution >= 4 is 48.2 Å². The van der Waals surface area contributed by atoms with E-state index < -0.39 is 39.0 Å². The Morgan fingerprint density at radius 3 is 2.61 bits per heavy atom. The molecule has 1 saturated heterocycles. The minimum absolute atomic E-state index is 0.108. The second-order valence-electron chi connectivity index (χ2n) is 6.58. The van der Waals surface area contributed by atoms with E-state index in [0.717, 1.165) is 4.90 Å². The summed E-state index contributed by atoms with van der Waals surface area (Å²) >= 11 is 7.14. The van der Waals surface area contributed by atoms with E-state index in [-0.39, 0.29) is 17.0 Å². The first-order valence-corrected chi connectivity index (χ1v) is 11.5. The Morgan fingerprint density at radius 1 is 1.23 bits per heavy atom. The molecule has 0 amide bonds. The van der Waals surface area contributed by atoms with Crippen LogP contribution >= 0.6 is 31.2 Å². The fourth-order valence-electron chi connectivity index (χ4n) is 3.07. The highest BCUT2D eigenvalue weighted by Crippen LogP contribution is 2.41. The van der Waals surface area contributed by atoms with Gasteiger partial charge in [-0.15, -0.1) is 0 Å². The molecule has 31 heavy (non-hydrogen) atoms. The van der Waals surface area contributed by atoms with Gasteiger partial charge < -0.3 is 30.5 Å². The number of nitrogens with zero attached hydrogens (tertiary/aromatic N) is 4. The molecule has 3 heterocycles. The zero-order valence-electron chi connectivity index (χ0n) is 15.5. The Kier molecular flexibility index (Phi) is 6.23. The summed E-state index contributed by atoms with van der Waals surface area (Å²) in [5.74, 6) is 0.108. The van der Waals surface area contributed by atoms with E-state index in [1.54, 1.807) is 24.3 Å². The number of aliphatic hydroxyl groups excluding tert-OH is 2. The third-order valence-electron chi connectivity index (χ3n) is 4.49. The molecule has 166 valence electrons. The molecule has 1 unspecified atom stereocenters. The van der Waals surface area contributed by atoms with Gasteiger partial charge in [0.05, 0.1) is 6.61 Å². The van der Waals surface area contributed by atoms with Gasteiger partial charge in [0.2, 0.25) is 0 Å². The Morgan fingerprint density at radius 2 is 1.94 bits per heavy atom. The van der Waals surface area contributed by atoms with E-state index in [0.29, 0.717) is 10.2 Å². The third kappa shape index (κ3) is 4.70. The van der Waals surface area contributed by atoms with E-state index >= 15 is 0 Å². The Bertz CT molecular complexity index is 1140. The zero-order valence-corrected chi connectivity index (χ0v) is 18.0. The van der Waals surface area contributed by atoms with Crippen LogP contribution in [0.2, 0.25) is 5.02 Å². The SMILES string of the molecule is Nc1ncnc2c1nc(Sc1ccc(Cl)cc1)n2[C@@H]1O[C@H](COP(=O)(O)O)C(O)[C@@H]1O. The fraction of sp³-hybridized carbons (Fsp3) is 0.312. The van der Waals surface area contributed by atoms with Crippen molar-refractivity contribution in [3.8, 4) is 0 Å². The molecule has 3 aromatic rings. The lowest BCUT2D eigenvalue weighted by atomic mass is 10.1. The molecule has 4 rings (SSSR count). The second-order valence-corrected chi connectivity index (χ2v) is 9.30. The van der Waals surface area contributed by atoms with Crippen LogP contribution in [-0.4, -0.2) is 64.4 Å². The molecule has 1 aliphatic heterocycles. The molecular weight excluding hydrogens is 473 g/mol. The number of halogens is 1. The van der Waals surface area contributed by atoms with E-state index in [9.17, 15) is 14.8 Å². The molecule has 0 radical (unpaired) electrons. The summed E-state index contributed by atoms with van der Waals surface area (Å²) in [6.45, 7) is -0.636. The molecule has 1 aliphatic rings. The van der Waals surface area contributed by atoms with Gasteiger partial charge in [-0.1, -0.05) is 23.4 Å². The minimum atomic E-state index is -4.79. The maximum atomic E-state index is 11.0. The number of nitrogens with two attached hydrogens (primary N) is 1. The van der Waals surface area contributed by atoms with Crippen LogP contribution in [-0.2, 0) is 13.8 Å². The predicted molar refractivity (Wildman–Crippen MR) is 109 cm³/mol. The van der Waals surface area contributed by atoms with Crippen molar-refractivity contribution in [2.75, 3.05) is 12.3 Å². The summed E-state index contributed by atoms with van der Waals surface area (Å²) in [5, 5.41) is 21.8.